The van der Waals surface area contributed by atoms with Crippen LogP contribution in [0.15, 0.2) is 60.7 Å². The fourth-order valence-electron chi connectivity index (χ4n) is 2.04. The van der Waals surface area contributed by atoms with E-state index in [1.807, 2.05) is 42.5 Å². The van der Waals surface area contributed by atoms with E-state index in [0.717, 1.165) is 11.1 Å². The Labute approximate surface area is 140 Å². The highest BCUT2D eigenvalue weighted by Crippen LogP contribution is 2.15. The van der Waals surface area contributed by atoms with Gasteiger partial charge in [0.2, 0.25) is 11.8 Å². The van der Waals surface area contributed by atoms with E-state index in [9.17, 15) is 9.59 Å². The summed E-state index contributed by atoms with van der Waals surface area (Å²) in [5.74, 6) is -0.600. The summed E-state index contributed by atoms with van der Waals surface area (Å²) in [6, 6.07) is 18.5. The Morgan fingerprint density at radius 2 is 1.75 bits per heavy atom. The van der Waals surface area contributed by atoms with Crippen LogP contribution in [0, 0.1) is 11.3 Å². The van der Waals surface area contributed by atoms with Gasteiger partial charge in [0.25, 0.3) is 0 Å². The summed E-state index contributed by atoms with van der Waals surface area (Å²) >= 11 is 0. The van der Waals surface area contributed by atoms with Crippen LogP contribution in [-0.2, 0) is 16.1 Å². The molecule has 0 fully saturated rings. The smallest absolute Gasteiger partial charge is 0.244 e. The van der Waals surface area contributed by atoms with Gasteiger partial charge in [-0.05, 0) is 23.3 Å². The second-order valence-electron chi connectivity index (χ2n) is 5.00. The van der Waals surface area contributed by atoms with Gasteiger partial charge < -0.3 is 10.6 Å². The zero-order valence-corrected chi connectivity index (χ0v) is 13.0. The number of para-hydroxylation sites is 1. The highest BCUT2D eigenvalue weighted by molar-refractivity contribution is 5.93. The summed E-state index contributed by atoms with van der Waals surface area (Å²) in [4.78, 5) is 23.4. The first-order chi connectivity index (χ1) is 11.7. The van der Waals surface area contributed by atoms with Crippen molar-refractivity contribution in [3.8, 4) is 6.07 Å². The number of benzene rings is 2. The van der Waals surface area contributed by atoms with Gasteiger partial charge in [-0.15, -0.1) is 0 Å². The fourth-order valence-corrected chi connectivity index (χ4v) is 2.04. The first-order valence-corrected chi connectivity index (χ1v) is 7.44. The summed E-state index contributed by atoms with van der Waals surface area (Å²) in [5.41, 5.74) is 2.30. The van der Waals surface area contributed by atoms with Crippen LogP contribution < -0.4 is 10.6 Å². The van der Waals surface area contributed by atoms with Crippen molar-refractivity contribution >= 4 is 23.6 Å². The first kappa shape index (κ1) is 17.0. The van der Waals surface area contributed by atoms with E-state index in [0.29, 0.717) is 5.69 Å². The minimum absolute atomic E-state index is 0.208. The molecule has 0 aliphatic rings. The number of nitrogens with zero attached hydrogens (tertiary/aromatic N) is 1. The number of anilines is 1. The molecule has 0 aliphatic heterocycles. The Hall–Kier alpha value is -3.39. The summed E-state index contributed by atoms with van der Waals surface area (Å²) < 4.78 is 0. The van der Waals surface area contributed by atoms with E-state index in [4.69, 9.17) is 5.26 Å². The number of nitrogens with one attached hydrogen (secondary N) is 2. The van der Waals surface area contributed by atoms with Crippen molar-refractivity contribution in [2.75, 3.05) is 5.32 Å². The fraction of sp³-hybridized carbons (Fsp3) is 0.105. The third kappa shape index (κ3) is 5.43. The van der Waals surface area contributed by atoms with E-state index in [1.54, 1.807) is 24.3 Å². The molecule has 0 radical (unpaired) electrons. The molecule has 0 unspecified atom stereocenters. The van der Waals surface area contributed by atoms with Gasteiger partial charge in [-0.1, -0.05) is 48.5 Å². The molecular weight excluding hydrogens is 302 g/mol. The Morgan fingerprint density at radius 3 is 2.50 bits per heavy atom. The summed E-state index contributed by atoms with van der Waals surface area (Å²) in [6.07, 6.45) is 2.99. The molecule has 5 nitrogen and oxygen atoms in total. The molecule has 2 aromatic carbocycles. The maximum absolute atomic E-state index is 11.9. The van der Waals surface area contributed by atoms with Gasteiger partial charge in [0.15, 0.2) is 0 Å². The normalized spacial score (nSPS) is 10.1. The van der Waals surface area contributed by atoms with Crippen LogP contribution in [0.3, 0.4) is 0 Å². The van der Waals surface area contributed by atoms with Crippen LogP contribution in [0.1, 0.15) is 17.5 Å². The zero-order chi connectivity index (χ0) is 17.2. The van der Waals surface area contributed by atoms with Gasteiger partial charge in [0.05, 0.1) is 6.07 Å². The molecule has 0 bridgehead atoms. The average Bonchev–Trinajstić information content (AvgIpc) is 2.60. The quantitative estimate of drug-likeness (QED) is 0.803. The molecule has 24 heavy (non-hydrogen) atoms. The lowest BCUT2D eigenvalue weighted by Crippen LogP contribution is -2.21. The molecule has 0 aliphatic carbocycles. The van der Waals surface area contributed by atoms with Crippen molar-refractivity contribution in [1.82, 2.24) is 5.32 Å². The van der Waals surface area contributed by atoms with Gasteiger partial charge in [-0.25, -0.2) is 0 Å². The predicted octanol–water partition coefficient (Wildman–Crippen LogP) is 2.87. The van der Waals surface area contributed by atoms with Crippen molar-refractivity contribution < 1.29 is 9.59 Å². The van der Waals surface area contributed by atoms with Crippen molar-refractivity contribution in [1.29, 1.82) is 5.26 Å². The molecule has 5 heteroatoms. The Kier molecular flexibility index (Phi) is 6.30. The highest BCUT2D eigenvalue weighted by Gasteiger charge is 2.06. The van der Waals surface area contributed by atoms with E-state index in [1.165, 1.54) is 6.08 Å². The second kappa shape index (κ2) is 8.91. The van der Waals surface area contributed by atoms with Gasteiger partial charge in [0, 0.05) is 18.3 Å². The monoisotopic (exact) mass is 319 g/mol. The van der Waals surface area contributed by atoms with E-state index in [-0.39, 0.29) is 24.8 Å². The van der Waals surface area contributed by atoms with Gasteiger partial charge >= 0.3 is 0 Å². The Bertz CT molecular complexity index is 777. The van der Waals surface area contributed by atoms with Crippen LogP contribution in [0.5, 0.6) is 0 Å². The lowest BCUT2D eigenvalue weighted by Gasteiger charge is -2.10. The average molecular weight is 319 g/mol. The SMILES string of the molecule is N#CCC(=O)Nc1ccccc1CNC(=O)/C=C/c1ccccc1. The summed E-state index contributed by atoms with van der Waals surface area (Å²) in [7, 11) is 0. The first-order valence-electron chi connectivity index (χ1n) is 7.44. The van der Waals surface area contributed by atoms with Crippen molar-refractivity contribution in [3.05, 3.63) is 71.8 Å². The van der Waals surface area contributed by atoms with Crippen LogP contribution in [0.25, 0.3) is 6.08 Å². The number of hydrogen-bond acceptors (Lipinski definition) is 3. The van der Waals surface area contributed by atoms with E-state index >= 15 is 0 Å². The van der Waals surface area contributed by atoms with Crippen LogP contribution >= 0.6 is 0 Å². The molecule has 0 heterocycles. The van der Waals surface area contributed by atoms with Gasteiger partial charge in [-0.3, -0.25) is 9.59 Å². The molecule has 0 aromatic heterocycles. The molecular formula is C19H17N3O2. The van der Waals surface area contributed by atoms with Crippen LogP contribution in [-0.4, -0.2) is 11.8 Å². The number of carbonyl (C=O) groups excluding carboxylic acids is 2. The third-order valence-corrected chi connectivity index (χ3v) is 3.21. The molecule has 0 saturated heterocycles. The minimum Gasteiger partial charge on any atom is -0.348 e. The zero-order valence-electron chi connectivity index (χ0n) is 13.0. The van der Waals surface area contributed by atoms with E-state index < -0.39 is 0 Å². The molecule has 2 amide bonds. The van der Waals surface area contributed by atoms with Crippen molar-refractivity contribution in [2.45, 2.75) is 13.0 Å². The molecule has 120 valence electrons. The summed E-state index contributed by atoms with van der Waals surface area (Å²) in [5, 5.41) is 14.0. The molecule has 2 N–H and O–H groups in total. The minimum atomic E-state index is -0.375. The lowest BCUT2D eigenvalue weighted by molar-refractivity contribution is -0.116. The molecule has 2 rings (SSSR count). The number of amides is 2. The predicted molar refractivity (Wildman–Crippen MR) is 92.6 cm³/mol. The van der Waals surface area contributed by atoms with Gasteiger partial charge in [-0.2, -0.15) is 5.26 Å². The molecule has 0 atom stereocenters. The Balaban J connectivity index is 1.94. The third-order valence-electron chi connectivity index (χ3n) is 3.21. The number of hydrogen-bond donors (Lipinski definition) is 2. The van der Waals surface area contributed by atoms with Crippen LogP contribution in [0.2, 0.25) is 0 Å². The molecule has 2 aromatic rings. The number of nitriles is 1. The second-order valence-corrected chi connectivity index (χ2v) is 5.00. The summed E-state index contributed by atoms with van der Waals surface area (Å²) in [6.45, 7) is 0.279. The number of rotatable bonds is 6. The maximum Gasteiger partial charge on any atom is 0.244 e. The van der Waals surface area contributed by atoms with Gasteiger partial charge in [0.1, 0.15) is 6.42 Å². The van der Waals surface area contributed by atoms with E-state index in [2.05, 4.69) is 10.6 Å². The Morgan fingerprint density at radius 1 is 1.04 bits per heavy atom. The van der Waals surface area contributed by atoms with Crippen LogP contribution in [0.4, 0.5) is 5.69 Å². The maximum atomic E-state index is 11.9. The standard InChI is InChI=1S/C19H17N3O2/c20-13-12-19(24)22-17-9-5-4-8-16(17)14-21-18(23)11-10-15-6-2-1-3-7-15/h1-11H,12,14H2,(H,21,23)(H,22,24)/b11-10+. The topological polar surface area (TPSA) is 82.0 Å². The van der Waals surface area contributed by atoms with Crippen molar-refractivity contribution in [3.63, 3.8) is 0 Å². The lowest BCUT2D eigenvalue weighted by atomic mass is 10.1. The highest BCUT2D eigenvalue weighted by atomic mass is 16.2. The van der Waals surface area contributed by atoms with Crippen molar-refractivity contribution in [2.24, 2.45) is 0 Å². The number of carbonyl (C=O) groups is 2. The molecule has 0 saturated carbocycles. The largest absolute Gasteiger partial charge is 0.348 e. The molecule has 0 spiro atoms.